The van der Waals surface area contributed by atoms with Gasteiger partial charge in [0.15, 0.2) is 0 Å². The molecule has 0 amide bonds. The van der Waals surface area contributed by atoms with Crippen molar-refractivity contribution in [2.24, 2.45) is 4.99 Å². The maximum Gasteiger partial charge on any atom is 0.469 e. The van der Waals surface area contributed by atoms with Crippen LogP contribution in [0.3, 0.4) is 0 Å². The van der Waals surface area contributed by atoms with Gasteiger partial charge in [0.1, 0.15) is 6.23 Å². The van der Waals surface area contributed by atoms with Crippen molar-refractivity contribution >= 4 is 20.7 Å². The van der Waals surface area contributed by atoms with Gasteiger partial charge < -0.3 is 14.9 Å². The molecule has 0 aromatic heterocycles. The van der Waals surface area contributed by atoms with Crippen molar-refractivity contribution in [1.82, 2.24) is 0 Å². The third kappa shape index (κ3) is 4.75. The standard InChI is InChI=1S/C3H9NO7P2/c1-2(5)4-3(12(6,7)8)13(9,10)11/h2,5-8H,1H3,(H-,9,10,11)/p+1. The van der Waals surface area contributed by atoms with Crippen LogP contribution < -0.4 is 0 Å². The van der Waals surface area contributed by atoms with Crippen LogP contribution in [-0.2, 0) is 4.57 Å². The lowest BCUT2D eigenvalue weighted by atomic mass is 10.7. The molecule has 1 unspecified atom stereocenters. The molecule has 0 spiro atoms. The van der Waals surface area contributed by atoms with Gasteiger partial charge in [0.05, 0.1) is 0 Å². The van der Waals surface area contributed by atoms with E-state index in [-0.39, 0.29) is 0 Å². The SMILES string of the molecule is CC(O)N=C(P(=O)(O)O)[P+](O)(O)O. The lowest BCUT2D eigenvalue weighted by Gasteiger charge is -2.08. The second kappa shape index (κ2) is 4.08. The van der Waals surface area contributed by atoms with E-state index < -0.39 is 27.0 Å². The van der Waals surface area contributed by atoms with E-state index in [0.29, 0.717) is 0 Å². The van der Waals surface area contributed by atoms with E-state index in [9.17, 15) is 4.57 Å². The summed E-state index contributed by atoms with van der Waals surface area (Å²) < 4.78 is 10.5. The highest BCUT2D eigenvalue weighted by molar-refractivity contribution is 8.00. The van der Waals surface area contributed by atoms with Crippen molar-refractivity contribution in [3.63, 3.8) is 0 Å². The fourth-order valence-corrected chi connectivity index (χ4v) is 2.53. The maximum atomic E-state index is 10.5. The Balaban J connectivity index is 5.14. The van der Waals surface area contributed by atoms with Crippen LogP contribution in [0.2, 0.25) is 0 Å². The van der Waals surface area contributed by atoms with E-state index in [0.717, 1.165) is 6.92 Å². The first-order chi connectivity index (χ1) is 5.55. The molecule has 0 aliphatic heterocycles. The van der Waals surface area contributed by atoms with Crippen molar-refractivity contribution in [3.05, 3.63) is 0 Å². The molecular formula is C3H10NO7P2+. The molecule has 6 N–H and O–H groups in total. The molecular weight excluding hydrogens is 224 g/mol. The Morgan fingerprint density at radius 1 is 1.38 bits per heavy atom. The summed E-state index contributed by atoms with van der Waals surface area (Å²) >= 11 is 0. The molecule has 13 heavy (non-hydrogen) atoms. The van der Waals surface area contributed by atoms with Gasteiger partial charge in [-0.3, -0.25) is 0 Å². The number of nitrogens with zero attached hydrogens (tertiary/aromatic N) is 1. The normalized spacial score (nSPS) is 17.3. The molecule has 0 saturated carbocycles. The van der Waals surface area contributed by atoms with E-state index in [1.54, 1.807) is 0 Å². The highest BCUT2D eigenvalue weighted by Crippen LogP contribution is 2.60. The minimum atomic E-state index is -5.06. The van der Waals surface area contributed by atoms with Crippen molar-refractivity contribution in [2.45, 2.75) is 13.2 Å². The van der Waals surface area contributed by atoms with Gasteiger partial charge in [-0.1, -0.05) is 0 Å². The molecule has 0 aromatic carbocycles. The highest BCUT2D eigenvalue weighted by atomic mass is 31.3. The molecule has 0 radical (unpaired) electrons. The fraction of sp³-hybridized carbons (Fsp3) is 0.667. The zero-order valence-electron chi connectivity index (χ0n) is 6.51. The number of aliphatic hydroxyl groups is 1. The van der Waals surface area contributed by atoms with Gasteiger partial charge in [-0.25, -0.2) is 9.56 Å². The van der Waals surface area contributed by atoms with E-state index in [1.807, 2.05) is 0 Å². The quantitative estimate of drug-likeness (QED) is 0.259. The van der Waals surface area contributed by atoms with Gasteiger partial charge in [-0.05, 0) is 6.92 Å². The zero-order valence-corrected chi connectivity index (χ0v) is 8.30. The van der Waals surface area contributed by atoms with Crippen molar-refractivity contribution in [2.75, 3.05) is 0 Å². The maximum absolute atomic E-state index is 10.5. The van der Waals surface area contributed by atoms with E-state index in [2.05, 4.69) is 4.99 Å². The van der Waals surface area contributed by atoms with Gasteiger partial charge in [-0.2, -0.15) is 14.7 Å². The number of aliphatic imine (C=N–C) groups is 1. The molecule has 0 aliphatic rings. The smallest absolute Gasteiger partial charge is 0.372 e. The molecule has 0 saturated heterocycles. The lowest BCUT2D eigenvalue weighted by molar-refractivity contribution is 0.205. The summed E-state index contributed by atoms with van der Waals surface area (Å²) in [6.45, 7) is 1.03. The van der Waals surface area contributed by atoms with Crippen LogP contribution in [-0.4, -0.2) is 41.0 Å². The zero-order chi connectivity index (χ0) is 10.9. The Bertz CT molecular complexity index is 249. The van der Waals surface area contributed by atoms with Crippen molar-refractivity contribution in [1.29, 1.82) is 0 Å². The van der Waals surface area contributed by atoms with Crippen LogP contribution in [0.5, 0.6) is 0 Å². The number of rotatable bonds is 3. The third-order valence-corrected chi connectivity index (χ3v) is 3.71. The summed E-state index contributed by atoms with van der Waals surface area (Å²) in [5.41, 5.74) is 0. The third-order valence-electron chi connectivity index (χ3n) is 0.831. The Morgan fingerprint density at radius 2 is 1.77 bits per heavy atom. The summed E-state index contributed by atoms with van der Waals surface area (Å²) in [7, 11) is -9.94. The number of aliphatic hydroxyl groups excluding tert-OH is 1. The Labute approximate surface area is 73.9 Å². The Morgan fingerprint density at radius 3 is 1.85 bits per heavy atom. The first-order valence-electron chi connectivity index (χ1n) is 2.95. The summed E-state index contributed by atoms with van der Waals surface area (Å²) in [5.74, 6) is 0. The lowest BCUT2D eigenvalue weighted by Crippen LogP contribution is -2.10. The predicted octanol–water partition coefficient (Wildman–Crippen LogP) is -1.40. The molecule has 0 heterocycles. The largest absolute Gasteiger partial charge is 0.469 e. The molecule has 0 rings (SSSR count). The number of hydrogen-bond donors (Lipinski definition) is 6. The van der Waals surface area contributed by atoms with Crippen LogP contribution in [0.4, 0.5) is 0 Å². The fourth-order valence-electron chi connectivity index (χ4n) is 0.495. The predicted molar refractivity (Wildman–Crippen MR) is 44.7 cm³/mol. The van der Waals surface area contributed by atoms with Crippen LogP contribution in [0, 0.1) is 0 Å². The average molecular weight is 234 g/mol. The molecule has 0 aromatic rings. The summed E-state index contributed by atoms with van der Waals surface area (Å²) in [4.78, 5) is 45.4. The van der Waals surface area contributed by atoms with Crippen molar-refractivity contribution < 1.29 is 34.1 Å². The monoisotopic (exact) mass is 234 g/mol. The van der Waals surface area contributed by atoms with Crippen LogP contribution in [0.15, 0.2) is 4.99 Å². The van der Waals surface area contributed by atoms with Gasteiger partial charge in [0, 0.05) is 0 Å². The first-order valence-corrected chi connectivity index (χ1v) is 6.21. The van der Waals surface area contributed by atoms with Gasteiger partial charge in [0.25, 0.3) is 0 Å². The van der Waals surface area contributed by atoms with Gasteiger partial charge in [-0.15, -0.1) is 0 Å². The molecule has 0 aliphatic carbocycles. The average Bonchev–Trinajstić information content (AvgIpc) is 1.77. The van der Waals surface area contributed by atoms with Gasteiger partial charge in [0.2, 0.25) is 0 Å². The number of hydrogen-bond acceptors (Lipinski definition) is 6. The van der Waals surface area contributed by atoms with E-state index in [4.69, 9.17) is 29.6 Å². The molecule has 8 nitrogen and oxygen atoms in total. The molecule has 1 atom stereocenters. The highest BCUT2D eigenvalue weighted by Gasteiger charge is 2.51. The van der Waals surface area contributed by atoms with Crippen LogP contribution in [0.25, 0.3) is 0 Å². The van der Waals surface area contributed by atoms with Crippen LogP contribution >= 0.6 is 15.5 Å². The summed E-state index contributed by atoms with van der Waals surface area (Å²) in [5, 5.41) is 7.11. The van der Waals surface area contributed by atoms with E-state index in [1.165, 1.54) is 0 Å². The molecule has 10 heteroatoms. The summed E-state index contributed by atoms with van der Waals surface area (Å²) in [6, 6.07) is 0. The van der Waals surface area contributed by atoms with Crippen LogP contribution in [0.1, 0.15) is 6.92 Å². The second-order valence-corrected chi connectivity index (χ2v) is 5.60. The minimum absolute atomic E-state index is 1.03. The molecule has 78 valence electrons. The topological polar surface area (TPSA) is 151 Å². The molecule has 0 fully saturated rings. The second-order valence-electron chi connectivity index (χ2n) is 2.17. The Hall–Kier alpha value is 0.0900. The van der Waals surface area contributed by atoms with Gasteiger partial charge >= 0.3 is 20.7 Å². The van der Waals surface area contributed by atoms with Crippen molar-refractivity contribution in [3.8, 4) is 0 Å². The van der Waals surface area contributed by atoms with E-state index >= 15 is 0 Å². The summed E-state index contributed by atoms with van der Waals surface area (Å²) in [6.07, 6.45) is -1.55. The minimum Gasteiger partial charge on any atom is -0.372 e. The molecule has 0 bridgehead atoms. The first kappa shape index (κ1) is 13.1. The Kier molecular flexibility index (Phi) is 4.11.